The van der Waals surface area contributed by atoms with Crippen molar-refractivity contribution in [3.63, 3.8) is 0 Å². The van der Waals surface area contributed by atoms with Gasteiger partial charge in [0, 0.05) is 12.1 Å². The lowest BCUT2D eigenvalue weighted by Crippen LogP contribution is -2.45. The lowest BCUT2D eigenvalue weighted by atomic mass is 10.1. The summed E-state index contributed by atoms with van der Waals surface area (Å²) in [5.74, 6) is -0.331. The number of imidazole rings is 1. The van der Waals surface area contributed by atoms with Crippen LogP contribution >= 0.6 is 12.2 Å². The zero-order valence-electron chi connectivity index (χ0n) is 18.4. The van der Waals surface area contributed by atoms with E-state index in [4.69, 9.17) is 17.0 Å². The van der Waals surface area contributed by atoms with Crippen molar-refractivity contribution >= 4 is 36.2 Å². The van der Waals surface area contributed by atoms with Gasteiger partial charge in [0.05, 0.1) is 7.05 Å². The number of rotatable bonds is 8. The van der Waals surface area contributed by atoms with Gasteiger partial charge in [-0.1, -0.05) is 48.5 Å². The van der Waals surface area contributed by atoms with Gasteiger partial charge in [-0.25, -0.2) is 13.9 Å². The van der Waals surface area contributed by atoms with Crippen molar-refractivity contribution in [2.45, 2.75) is 19.0 Å². The molecule has 12 heteroatoms. The summed E-state index contributed by atoms with van der Waals surface area (Å²) in [6, 6.07) is 18.8. The second-order valence-electron chi connectivity index (χ2n) is 7.19. The number of carbonyl (C=O) groups is 1. The molecule has 0 saturated carbocycles. The summed E-state index contributed by atoms with van der Waals surface area (Å²) in [7, 11) is -4.05. The van der Waals surface area contributed by atoms with Gasteiger partial charge in [0.25, 0.3) is 0 Å². The van der Waals surface area contributed by atoms with Crippen LogP contribution in [0.15, 0.2) is 79.4 Å². The minimum atomic E-state index is -6.00. The van der Waals surface area contributed by atoms with Crippen molar-refractivity contribution in [2.24, 2.45) is 7.05 Å². The number of nitrogens with one attached hydrogen (secondary N) is 2. The van der Waals surface area contributed by atoms with Crippen molar-refractivity contribution in [3.8, 4) is 0 Å². The predicted octanol–water partition coefficient (Wildman–Crippen LogP) is 3.75. The fraction of sp³-hybridized carbons (Fsp3) is 0.227. The first-order valence-electron chi connectivity index (χ1n) is 10.3. The van der Waals surface area contributed by atoms with E-state index in [1.54, 1.807) is 0 Å². The van der Waals surface area contributed by atoms with Gasteiger partial charge < -0.3 is 32.6 Å². The molecule has 0 aliphatic heterocycles. The first kappa shape index (κ1) is 26.8. The molecule has 6 nitrogen and oxygen atoms in total. The van der Waals surface area contributed by atoms with Gasteiger partial charge in [-0.3, -0.25) is 0 Å². The molecule has 1 atom stereocenters. The Hall–Kier alpha value is -3.41. The molecule has 0 radical (unpaired) electrons. The topological polar surface area (TPSA) is 59.2 Å². The van der Waals surface area contributed by atoms with Crippen LogP contribution in [0.2, 0.25) is 0 Å². The minimum Gasteiger partial charge on any atom is -0.460 e. The lowest BCUT2D eigenvalue weighted by Gasteiger charge is -2.20. The highest BCUT2D eigenvalue weighted by Crippen LogP contribution is 2.08. The Labute approximate surface area is 200 Å². The third-order valence-electron chi connectivity index (χ3n) is 4.32. The SMILES string of the molecule is C[n+]1ccn(CCOC(=O)C(Cc2ccccc2)NC(=S)Nc2ccccc2)c1.F[B-](F)(F)F. The molecule has 1 unspecified atom stereocenters. The maximum absolute atomic E-state index is 12.7. The molecular formula is C22H25BF4N4O2S. The van der Waals surface area contributed by atoms with Crippen LogP contribution in [0.1, 0.15) is 5.56 Å². The molecule has 182 valence electrons. The number of benzene rings is 2. The standard InChI is InChI=1S/C22H24N4O2S.BF4/c1-25-12-13-26(17-25)14-15-28-21(27)20(16-18-8-4-2-5-9-18)24-22(29)23-19-10-6-3-7-11-19;2-1(3,4)5/h2-13,17,20H,14-16H2,1H3,(H-,23,24,29);/q;-1/p+1. The zero-order valence-corrected chi connectivity index (χ0v) is 19.2. The summed E-state index contributed by atoms with van der Waals surface area (Å²) in [4.78, 5) is 12.7. The summed E-state index contributed by atoms with van der Waals surface area (Å²) in [6.07, 6.45) is 6.29. The van der Waals surface area contributed by atoms with Crippen LogP contribution in [0.25, 0.3) is 0 Å². The van der Waals surface area contributed by atoms with Crippen LogP contribution in [-0.2, 0) is 29.5 Å². The number of halogens is 4. The summed E-state index contributed by atoms with van der Waals surface area (Å²) < 4.78 is 48.4. The monoisotopic (exact) mass is 496 g/mol. The van der Waals surface area contributed by atoms with Crippen molar-refractivity contribution in [2.75, 3.05) is 11.9 Å². The molecule has 0 aliphatic carbocycles. The van der Waals surface area contributed by atoms with Gasteiger partial charge >= 0.3 is 13.2 Å². The Morgan fingerprint density at radius 1 is 1.09 bits per heavy atom. The van der Waals surface area contributed by atoms with Gasteiger partial charge in [-0.2, -0.15) is 0 Å². The van der Waals surface area contributed by atoms with E-state index in [1.165, 1.54) is 0 Å². The van der Waals surface area contributed by atoms with Crippen molar-refractivity contribution in [3.05, 3.63) is 84.9 Å². The van der Waals surface area contributed by atoms with Gasteiger partial charge in [-0.15, -0.1) is 0 Å². The number of aryl methyl sites for hydroxylation is 1. The van der Waals surface area contributed by atoms with Crippen molar-refractivity contribution in [1.82, 2.24) is 9.88 Å². The number of para-hydroxylation sites is 1. The van der Waals surface area contributed by atoms with Crippen LogP contribution in [-0.4, -0.2) is 35.6 Å². The maximum atomic E-state index is 12.7. The van der Waals surface area contributed by atoms with Crippen LogP contribution < -0.4 is 15.2 Å². The number of carbonyl (C=O) groups excluding carboxylic acids is 1. The number of anilines is 1. The zero-order chi connectivity index (χ0) is 25.0. The van der Waals surface area contributed by atoms with E-state index in [9.17, 15) is 22.1 Å². The van der Waals surface area contributed by atoms with E-state index in [1.807, 2.05) is 95.6 Å². The second-order valence-corrected chi connectivity index (χ2v) is 7.59. The normalized spacial score (nSPS) is 11.6. The Morgan fingerprint density at radius 2 is 1.68 bits per heavy atom. The largest absolute Gasteiger partial charge is 0.673 e. The highest BCUT2D eigenvalue weighted by molar-refractivity contribution is 7.80. The van der Waals surface area contributed by atoms with Crippen molar-refractivity contribution < 1.29 is 31.4 Å². The average Bonchev–Trinajstić information content (AvgIpc) is 3.18. The summed E-state index contributed by atoms with van der Waals surface area (Å²) in [5.41, 5.74) is 1.89. The average molecular weight is 496 g/mol. The maximum Gasteiger partial charge on any atom is 0.673 e. The molecule has 3 rings (SSSR count). The van der Waals surface area contributed by atoms with Crippen molar-refractivity contribution in [1.29, 1.82) is 0 Å². The Kier molecular flexibility index (Phi) is 10.5. The third-order valence-corrected chi connectivity index (χ3v) is 4.54. The molecule has 0 saturated heterocycles. The molecule has 0 amide bonds. The van der Waals surface area contributed by atoms with E-state index < -0.39 is 13.3 Å². The predicted molar refractivity (Wildman–Crippen MR) is 126 cm³/mol. The highest BCUT2D eigenvalue weighted by atomic mass is 32.1. The van der Waals surface area contributed by atoms with Crippen LogP contribution in [0, 0.1) is 0 Å². The summed E-state index contributed by atoms with van der Waals surface area (Å²) in [6.45, 7) is 0.886. The van der Waals surface area contributed by atoms with Gasteiger partial charge in [0.2, 0.25) is 6.33 Å². The van der Waals surface area contributed by atoms with Crippen LogP contribution in [0.3, 0.4) is 0 Å². The van der Waals surface area contributed by atoms with E-state index >= 15 is 0 Å². The highest BCUT2D eigenvalue weighted by Gasteiger charge is 2.22. The number of hydrogen-bond acceptors (Lipinski definition) is 3. The quantitative estimate of drug-likeness (QED) is 0.164. The van der Waals surface area contributed by atoms with Gasteiger partial charge in [0.1, 0.15) is 31.6 Å². The van der Waals surface area contributed by atoms with E-state index in [0.29, 0.717) is 24.7 Å². The van der Waals surface area contributed by atoms with E-state index in [-0.39, 0.29) is 5.97 Å². The molecule has 3 aromatic rings. The molecule has 34 heavy (non-hydrogen) atoms. The number of aromatic nitrogens is 2. The molecule has 0 fully saturated rings. The Morgan fingerprint density at radius 3 is 2.24 bits per heavy atom. The lowest BCUT2D eigenvalue weighted by molar-refractivity contribution is -0.671. The first-order valence-corrected chi connectivity index (χ1v) is 10.7. The summed E-state index contributed by atoms with van der Waals surface area (Å²) >= 11 is 5.40. The smallest absolute Gasteiger partial charge is 0.460 e. The van der Waals surface area contributed by atoms with Gasteiger partial charge in [0.15, 0.2) is 5.11 Å². The molecule has 1 heterocycles. The third kappa shape index (κ3) is 11.5. The Balaban J connectivity index is 0.000000739. The molecule has 0 aliphatic rings. The van der Waals surface area contributed by atoms with Gasteiger partial charge in [-0.05, 0) is 29.9 Å². The number of esters is 1. The molecule has 1 aromatic heterocycles. The molecular weight excluding hydrogens is 471 g/mol. The number of thiocarbonyl (C=S) groups is 1. The number of hydrogen-bond donors (Lipinski definition) is 2. The van der Waals surface area contributed by atoms with E-state index in [2.05, 4.69) is 10.6 Å². The molecule has 0 spiro atoms. The fourth-order valence-corrected chi connectivity index (χ4v) is 3.14. The second kappa shape index (κ2) is 13.3. The molecule has 0 bridgehead atoms. The molecule has 2 aromatic carbocycles. The first-order chi connectivity index (χ1) is 16.1. The van der Waals surface area contributed by atoms with Crippen LogP contribution in [0.4, 0.5) is 23.0 Å². The van der Waals surface area contributed by atoms with E-state index in [0.717, 1.165) is 11.3 Å². The number of ether oxygens (including phenoxy) is 1. The summed E-state index contributed by atoms with van der Waals surface area (Å²) in [5, 5.41) is 6.59. The minimum absolute atomic E-state index is 0.291. The molecule has 2 N–H and O–H groups in total. The Bertz CT molecular complexity index is 1030. The van der Waals surface area contributed by atoms with Crippen LogP contribution in [0.5, 0.6) is 0 Å². The fourth-order valence-electron chi connectivity index (χ4n) is 2.88. The number of nitrogens with zero attached hydrogens (tertiary/aromatic N) is 2.